The third kappa shape index (κ3) is 2.61. The molecule has 0 amide bonds. The molecule has 2 aromatic heterocycles. The van der Waals surface area contributed by atoms with Crippen LogP contribution < -0.4 is 9.62 Å². The van der Waals surface area contributed by atoms with Gasteiger partial charge in [0.05, 0.1) is 16.9 Å². The lowest BCUT2D eigenvalue weighted by molar-refractivity contribution is 0.306. The average molecular weight is 387 g/mol. The van der Waals surface area contributed by atoms with Crippen molar-refractivity contribution < 1.29 is 8.42 Å². The normalized spacial score (nSPS) is 32.7. The Hall–Kier alpha value is -2.22. The molecular formula is C17H21N7O2S. The molecule has 3 heterocycles. The van der Waals surface area contributed by atoms with E-state index in [1.165, 1.54) is 10.6 Å². The number of piperidine rings is 1. The van der Waals surface area contributed by atoms with Gasteiger partial charge < -0.3 is 9.88 Å². The molecule has 2 atom stereocenters. The first-order valence-electron chi connectivity index (χ1n) is 9.11. The van der Waals surface area contributed by atoms with Gasteiger partial charge in [0.2, 0.25) is 0 Å². The van der Waals surface area contributed by atoms with Crippen LogP contribution in [0, 0.1) is 22.7 Å². The fourth-order valence-electron chi connectivity index (χ4n) is 4.39. The first-order chi connectivity index (χ1) is 12.9. The summed E-state index contributed by atoms with van der Waals surface area (Å²) < 4.78 is 29.5. The van der Waals surface area contributed by atoms with Crippen molar-refractivity contribution in [1.29, 1.82) is 5.26 Å². The second-order valence-electron chi connectivity index (χ2n) is 7.95. The molecule has 2 N–H and O–H groups in total. The molecule has 0 aromatic carbocycles. The van der Waals surface area contributed by atoms with E-state index in [9.17, 15) is 13.7 Å². The van der Waals surface area contributed by atoms with Gasteiger partial charge in [-0.1, -0.05) is 0 Å². The van der Waals surface area contributed by atoms with Gasteiger partial charge in [-0.05, 0) is 31.2 Å². The van der Waals surface area contributed by atoms with Crippen LogP contribution in [-0.4, -0.2) is 59.9 Å². The zero-order chi connectivity index (χ0) is 18.8. The van der Waals surface area contributed by atoms with Gasteiger partial charge >= 0.3 is 0 Å². The van der Waals surface area contributed by atoms with Gasteiger partial charge in [-0.3, -0.25) is 0 Å². The summed E-state index contributed by atoms with van der Waals surface area (Å²) in [5.41, 5.74) is 0.369. The van der Waals surface area contributed by atoms with Gasteiger partial charge in [-0.25, -0.2) is 9.97 Å². The van der Waals surface area contributed by atoms with Gasteiger partial charge in [-0.15, -0.1) is 0 Å². The lowest BCUT2D eigenvalue weighted by Crippen LogP contribution is -2.55. The molecule has 0 unspecified atom stereocenters. The smallest absolute Gasteiger partial charge is 0.279 e. The molecule has 142 valence electrons. The largest absolute Gasteiger partial charge is 0.356 e. The van der Waals surface area contributed by atoms with Crippen molar-refractivity contribution in [3.05, 3.63) is 18.6 Å². The SMILES string of the molecule is CN(c1ncnc2[nH]ccc12)C1CC(NS(=O)(=O)N2C[C@@H]3C[C@]3(C#N)C2)C1. The first-order valence-corrected chi connectivity index (χ1v) is 10.6. The summed E-state index contributed by atoms with van der Waals surface area (Å²) in [6.07, 6.45) is 5.66. The minimum atomic E-state index is -3.53. The van der Waals surface area contributed by atoms with Crippen LogP contribution in [0.3, 0.4) is 0 Å². The van der Waals surface area contributed by atoms with E-state index < -0.39 is 15.6 Å². The van der Waals surface area contributed by atoms with Gasteiger partial charge in [0.1, 0.15) is 17.8 Å². The lowest BCUT2D eigenvalue weighted by atomic mass is 9.86. The van der Waals surface area contributed by atoms with Crippen LogP contribution in [0.4, 0.5) is 5.82 Å². The number of anilines is 1. The van der Waals surface area contributed by atoms with Gasteiger partial charge in [-0.2, -0.15) is 22.7 Å². The average Bonchev–Trinajstić information content (AvgIpc) is 2.98. The molecule has 3 aliphatic rings. The zero-order valence-electron chi connectivity index (χ0n) is 15.0. The number of hydrogen-bond donors (Lipinski definition) is 2. The third-order valence-electron chi connectivity index (χ3n) is 6.32. The summed E-state index contributed by atoms with van der Waals surface area (Å²) in [5, 5.41) is 10.2. The molecule has 2 saturated carbocycles. The maximum absolute atomic E-state index is 12.6. The minimum absolute atomic E-state index is 0.0824. The van der Waals surface area contributed by atoms with Gasteiger partial charge in [0.25, 0.3) is 10.2 Å². The molecule has 9 nitrogen and oxygen atoms in total. The molecule has 2 aromatic rings. The van der Waals surface area contributed by atoms with E-state index in [0.29, 0.717) is 13.1 Å². The zero-order valence-corrected chi connectivity index (χ0v) is 15.8. The summed E-state index contributed by atoms with van der Waals surface area (Å²) in [4.78, 5) is 13.8. The van der Waals surface area contributed by atoms with Crippen LogP contribution in [0.5, 0.6) is 0 Å². The Bertz CT molecular complexity index is 1040. The summed E-state index contributed by atoms with van der Waals surface area (Å²) in [6.45, 7) is 0.789. The highest BCUT2D eigenvalue weighted by Crippen LogP contribution is 2.57. The molecule has 3 fully saturated rings. The standard InChI is InChI=1S/C17H21N7O2S/c1-23(16-14-2-3-19-15(14)20-10-21-16)13-4-12(5-13)22-27(25,26)24-7-11-6-17(11,8-18)9-24/h2-3,10-13,22H,4-7,9H2,1H3,(H,19,20,21)/t11-,12?,13?,17-/m0/s1. The van der Waals surface area contributed by atoms with Crippen molar-refractivity contribution in [2.45, 2.75) is 31.3 Å². The van der Waals surface area contributed by atoms with Crippen molar-refractivity contribution in [3.8, 4) is 6.07 Å². The van der Waals surface area contributed by atoms with Crippen LogP contribution in [0.1, 0.15) is 19.3 Å². The fraction of sp³-hybridized carbons (Fsp3) is 0.588. The number of nitrogens with zero attached hydrogens (tertiary/aromatic N) is 5. The quantitative estimate of drug-likeness (QED) is 0.776. The summed E-state index contributed by atoms with van der Waals surface area (Å²) in [7, 11) is -1.55. The lowest BCUT2D eigenvalue weighted by Gasteiger charge is -2.42. The second kappa shape index (κ2) is 5.64. The van der Waals surface area contributed by atoms with Gasteiger partial charge in [0, 0.05) is 38.4 Å². The highest BCUT2D eigenvalue weighted by Gasteiger charge is 2.63. The van der Waals surface area contributed by atoms with E-state index in [0.717, 1.165) is 36.1 Å². The van der Waals surface area contributed by atoms with Crippen molar-refractivity contribution in [1.82, 2.24) is 24.0 Å². The van der Waals surface area contributed by atoms with E-state index in [4.69, 9.17) is 0 Å². The predicted molar refractivity (Wildman–Crippen MR) is 98.9 cm³/mol. The third-order valence-corrected chi connectivity index (χ3v) is 7.91. The Kier molecular flexibility index (Phi) is 3.53. The molecule has 0 radical (unpaired) electrons. The summed E-state index contributed by atoms with van der Waals surface area (Å²) in [6, 6.07) is 4.39. The van der Waals surface area contributed by atoms with Gasteiger partial charge in [0.15, 0.2) is 0 Å². The van der Waals surface area contributed by atoms with Crippen molar-refractivity contribution in [3.63, 3.8) is 0 Å². The molecule has 0 spiro atoms. The maximum atomic E-state index is 12.6. The number of nitriles is 1. The minimum Gasteiger partial charge on any atom is -0.356 e. The van der Waals surface area contributed by atoms with E-state index in [1.54, 1.807) is 0 Å². The molecule has 2 aliphatic carbocycles. The van der Waals surface area contributed by atoms with Crippen LogP contribution in [0.25, 0.3) is 11.0 Å². The Morgan fingerprint density at radius 2 is 2.26 bits per heavy atom. The second-order valence-corrected chi connectivity index (χ2v) is 9.66. The van der Waals surface area contributed by atoms with Crippen LogP contribution in [0.15, 0.2) is 18.6 Å². The predicted octanol–water partition coefficient (Wildman–Crippen LogP) is 0.605. The molecule has 1 saturated heterocycles. The number of nitrogens with one attached hydrogen (secondary N) is 2. The fourth-order valence-corrected chi connectivity index (χ4v) is 5.93. The Balaban J connectivity index is 1.21. The Morgan fingerprint density at radius 1 is 1.44 bits per heavy atom. The highest BCUT2D eigenvalue weighted by atomic mass is 32.2. The number of hydrogen-bond acceptors (Lipinski definition) is 6. The monoisotopic (exact) mass is 387 g/mol. The summed E-state index contributed by atoms with van der Waals surface area (Å²) in [5.74, 6) is 1.06. The molecule has 27 heavy (non-hydrogen) atoms. The summed E-state index contributed by atoms with van der Waals surface area (Å²) >= 11 is 0. The van der Waals surface area contributed by atoms with E-state index >= 15 is 0 Å². The first kappa shape index (κ1) is 16.9. The number of aromatic amines is 1. The molecular weight excluding hydrogens is 366 g/mol. The van der Waals surface area contributed by atoms with Crippen LogP contribution in [0.2, 0.25) is 0 Å². The number of fused-ring (bicyclic) bond motifs is 2. The number of aromatic nitrogens is 3. The Morgan fingerprint density at radius 3 is 3.00 bits per heavy atom. The van der Waals surface area contributed by atoms with Crippen molar-refractivity contribution in [2.24, 2.45) is 11.3 Å². The molecule has 5 rings (SSSR count). The van der Waals surface area contributed by atoms with E-state index in [1.807, 2.05) is 19.3 Å². The van der Waals surface area contributed by atoms with Crippen LogP contribution in [-0.2, 0) is 10.2 Å². The molecule has 0 bridgehead atoms. The molecule has 1 aliphatic heterocycles. The number of H-pyrrole nitrogens is 1. The Labute approximate surface area is 157 Å². The number of rotatable bonds is 5. The molecule has 10 heteroatoms. The topological polar surface area (TPSA) is 118 Å². The van der Waals surface area contributed by atoms with E-state index in [-0.39, 0.29) is 18.0 Å². The highest BCUT2D eigenvalue weighted by molar-refractivity contribution is 7.87. The maximum Gasteiger partial charge on any atom is 0.279 e. The van der Waals surface area contributed by atoms with Crippen molar-refractivity contribution in [2.75, 3.05) is 25.0 Å². The van der Waals surface area contributed by atoms with Crippen molar-refractivity contribution >= 4 is 27.1 Å². The van der Waals surface area contributed by atoms with E-state index in [2.05, 4.69) is 30.6 Å². The van der Waals surface area contributed by atoms with Crippen LogP contribution >= 0.6 is 0 Å².